The number of fused-ring (bicyclic) bond motifs is 1. The van der Waals surface area contributed by atoms with E-state index in [1.807, 2.05) is 30.0 Å². The lowest BCUT2D eigenvalue weighted by Gasteiger charge is -2.35. The summed E-state index contributed by atoms with van der Waals surface area (Å²) >= 11 is 1.71. The molecule has 4 rings (SSSR count). The van der Waals surface area contributed by atoms with Crippen LogP contribution in [0.3, 0.4) is 0 Å². The van der Waals surface area contributed by atoms with Gasteiger partial charge in [-0.05, 0) is 19.1 Å². The van der Waals surface area contributed by atoms with Crippen LogP contribution in [0.2, 0.25) is 0 Å². The van der Waals surface area contributed by atoms with Crippen molar-refractivity contribution < 1.29 is 4.79 Å². The molecular formula is C16H18N6OS. The van der Waals surface area contributed by atoms with E-state index in [2.05, 4.69) is 21.0 Å². The lowest BCUT2D eigenvalue weighted by atomic mass is 10.2. The summed E-state index contributed by atoms with van der Waals surface area (Å²) in [5.41, 5.74) is 1.04. The average Bonchev–Trinajstić information content (AvgIpc) is 3.30. The van der Waals surface area contributed by atoms with Crippen LogP contribution in [0.25, 0.3) is 10.2 Å². The van der Waals surface area contributed by atoms with Gasteiger partial charge in [0.15, 0.2) is 5.13 Å². The van der Waals surface area contributed by atoms with E-state index < -0.39 is 0 Å². The monoisotopic (exact) mass is 342 g/mol. The summed E-state index contributed by atoms with van der Waals surface area (Å²) in [5, 5.41) is 5.09. The normalized spacial score (nSPS) is 16.5. The van der Waals surface area contributed by atoms with Crippen molar-refractivity contribution in [3.8, 4) is 0 Å². The molecule has 8 heteroatoms. The van der Waals surface area contributed by atoms with Gasteiger partial charge in [-0.15, -0.1) is 0 Å². The fourth-order valence-electron chi connectivity index (χ4n) is 2.91. The fourth-order valence-corrected chi connectivity index (χ4v) is 3.93. The largest absolute Gasteiger partial charge is 0.345 e. The summed E-state index contributed by atoms with van der Waals surface area (Å²) in [6, 6.07) is 7.85. The van der Waals surface area contributed by atoms with Gasteiger partial charge in [0.1, 0.15) is 18.7 Å². The molecule has 0 radical (unpaired) electrons. The number of aromatic nitrogens is 4. The molecule has 0 spiro atoms. The first-order valence-corrected chi connectivity index (χ1v) is 8.77. The maximum Gasteiger partial charge on any atom is 0.247 e. The van der Waals surface area contributed by atoms with Gasteiger partial charge in [-0.25, -0.2) is 14.6 Å². The molecule has 24 heavy (non-hydrogen) atoms. The summed E-state index contributed by atoms with van der Waals surface area (Å²) < 4.78 is 2.80. The van der Waals surface area contributed by atoms with Crippen LogP contribution < -0.4 is 4.90 Å². The highest BCUT2D eigenvalue weighted by atomic mass is 32.1. The first-order chi connectivity index (χ1) is 11.7. The molecule has 7 nitrogen and oxygen atoms in total. The molecule has 124 valence electrons. The molecule has 0 saturated carbocycles. The van der Waals surface area contributed by atoms with E-state index in [1.54, 1.807) is 22.3 Å². The first-order valence-electron chi connectivity index (χ1n) is 7.96. The molecule has 0 aliphatic carbocycles. The van der Waals surface area contributed by atoms with Crippen LogP contribution >= 0.6 is 11.3 Å². The van der Waals surface area contributed by atoms with E-state index in [0.29, 0.717) is 13.1 Å². The third kappa shape index (κ3) is 2.73. The highest BCUT2D eigenvalue weighted by Gasteiger charge is 2.27. The standard InChI is InChI=1S/C16H18N6OS/c1-12(22-11-17-10-18-22)15(23)20-6-8-21(9-7-20)16-19-13-4-2-3-5-14(13)24-16/h2-5,10-12H,6-9H2,1H3. The minimum absolute atomic E-state index is 0.0875. The summed E-state index contributed by atoms with van der Waals surface area (Å²) in [7, 11) is 0. The Kier molecular flexibility index (Phi) is 3.89. The second kappa shape index (κ2) is 6.20. The Morgan fingerprint density at radius 1 is 1.21 bits per heavy atom. The second-order valence-corrected chi connectivity index (χ2v) is 6.84. The lowest BCUT2D eigenvalue weighted by Crippen LogP contribution is -2.50. The van der Waals surface area contributed by atoms with Crippen LogP contribution in [0.1, 0.15) is 13.0 Å². The zero-order valence-corrected chi connectivity index (χ0v) is 14.2. The number of nitrogens with zero attached hydrogens (tertiary/aromatic N) is 6. The van der Waals surface area contributed by atoms with Crippen LogP contribution in [0.15, 0.2) is 36.9 Å². The molecule has 1 aliphatic rings. The second-order valence-electron chi connectivity index (χ2n) is 5.83. The van der Waals surface area contributed by atoms with Crippen molar-refractivity contribution in [2.75, 3.05) is 31.1 Å². The van der Waals surface area contributed by atoms with Crippen molar-refractivity contribution in [2.45, 2.75) is 13.0 Å². The summed E-state index contributed by atoms with van der Waals surface area (Å²) in [4.78, 5) is 25.4. The van der Waals surface area contributed by atoms with Crippen LogP contribution in [0.5, 0.6) is 0 Å². The number of para-hydroxylation sites is 1. The Morgan fingerprint density at radius 3 is 2.71 bits per heavy atom. The van der Waals surface area contributed by atoms with Gasteiger partial charge in [-0.3, -0.25) is 4.79 Å². The average molecular weight is 342 g/mol. The number of amides is 1. The third-order valence-corrected chi connectivity index (χ3v) is 5.43. The number of carbonyl (C=O) groups excluding carboxylic acids is 1. The topological polar surface area (TPSA) is 67.2 Å². The highest BCUT2D eigenvalue weighted by Crippen LogP contribution is 2.29. The van der Waals surface area contributed by atoms with Gasteiger partial charge in [0.05, 0.1) is 10.2 Å². The van der Waals surface area contributed by atoms with Gasteiger partial charge < -0.3 is 9.80 Å². The molecular weight excluding hydrogens is 324 g/mol. The van der Waals surface area contributed by atoms with Crippen LogP contribution in [0.4, 0.5) is 5.13 Å². The number of hydrogen-bond donors (Lipinski definition) is 0. The van der Waals surface area contributed by atoms with E-state index in [-0.39, 0.29) is 11.9 Å². The van der Waals surface area contributed by atoms with Crippen molar-refractivity contribution in [1.29, 1.82) is 0 Å². The van der Waals surface area contributed by atoms with E-state index in [9.17, 15) is 4.79 Å². The third-order valence-electron chi connectivity index (χ3n) is 4.34. The molecule has 1 atom stereocenters. The molecule has 3 heterocycles. The molecule has 3 aromatic rings. The molecule has 1 aromatic carbocycles. The molecule has 0 bridgehead atoms. The zero-order chi connectivity index (χ0) is 16.5. The number of thiazole rings is 1. The Bertz CT molecular complexity index is 804. The number of hydrogen-bond acceptors (Lipinski definition) is 6. The lowest BCUT2D eigenvalue weighted by molar-refractivity contribution is -0.134. The number of anilines is 1. The van der Waals surface area contributed by atoms with Gasteiger partial charge in [0, 0.05) is 26.2 Å². The number of piperazine rings is 1. The Hall–Kier alpha value is -2.48. The quantitative estimate of drug-likeness (QED) is 0.726. The van der Waals surface area contributed by atoms with Crippen LogP contribution in [0, 0.1) is 0 Å². The number of carbonyl (C=O) groups is 1. The van der Waals surface area contributed by atoms with E-state index in [1.165, 1.54) is 11.0 Å². The van der Waals surface area contributed by atoms with Crippen molar-refractivity contribution in [3.05, 3.63) is 36.9 Å². The van der Waals surface area contributed by atoms with E-state index >= 15 is 0 Å². The molecule has 1 aliphatic heterocycles. The van der Waals surface area contributed by atoms with Gasteiger partial charge in [0.25, 0.3) is 0 Å². The molecule has 2 aromatic heterocycles. The first kappa shape index (κ1) is 15.1. The minimum atomic E-state index is -0.318. The van der Waals surface area contributed by atoms with Crippen molar-refractivity contribution in [3.63, 3.8) is 0 Å². The molecule has 1 saturated heterocycles. The predicted octanol–water partition coefficient (Wildman–Crippen LogP) is 1.80. The smallest absolute Gasteiger partial charge is 0.247 e. The number of rotatable bonds is 3. The van der Waals surface area contributed by atoms with Gasteiger partial charge >= 0.3 is 0 Å². The molecule has 0 N–H and O–H groups in total. The fraction of sp³-hybridized carbons (Fsp3) is 0.375. The Labute approximate surface area is 143 Å². The van der Waals surface area contributed by atoms with E-state index in [4.69, 9.17) is 4.98 Å². The van der Waals surface area contributed by atoms with Crippen molar-refractivity contribution in [1.82, 2.24) is 24.6 Å². The Morgan fingerprint density at radius 2 is 2.00 bits per heavy atom. The maximum atomic E-state index is 12.6. The summed E-state index contributed by atoms with van der Waals surface area (Å²) in [6.07, 6.45) is 3.04. The molecule has 1 amide bonds. The minimum Gasteiger partial charge on any atom is -0.345 e. The zero-order valence-electron chi connectivity index (χ0n) is 13.4. The Balaban J connectivity index is 1.42. The van der Waals surface area contributed by atoms with Gasteiger partial charge in [0.2, 0.25) is 5.91 Å². The summed E-state index contributed by atoms with van der Waals surface area (Å²) in [5.74, 6) is 0.0875. The van der Waals surface area contributed by atoms with Crippen molar-refractivity contribution in [2.24, 2.45) is 0 Å². The van der Waals surface area contributed by atoms with E-state index in [0.717, 1.165) is 23.7 Å². The highest BCUT2D eigenvalue weighted by molar-refractivity contribution is 7.22. The molecule has 1 fully saturated rings. The SMILES string of the molecule is CC(C(=O)N1CCN(c2nc3ccccc3s2)CC1)n1cncn1. The van der Waals surface area contributed by atoms with Crippen LogP contribution in [-0.2, 0) is 4.79 Å². The molecule has 1 unspecified atom stereocenters. The number of benzene rings is 1. The van der Waals surface area contributed by atoms with Crippen LogP contribution in [-0.4, -0.2) is 56.7 Å². The van der Waals surface area contributed by atoms with Gasteiger partial charge in [-0.1, -0.05) is 23.5 Å². The maximum absolute atomic E-state index is 12.6. The summed E-state index contributed by atoms with van der Waals surface area (Å²) in [6.45, 7) is 4.86. The predicted molar refractivity (Wildman–Crippen MR) is 93.1 cm³/mol. The van der Waals surface area contributed by atoms with Gasteiger partial charge in [-0.2, -0.15) is 5.10 Å². The van der Waals surface area contributed by atoms with Crippen molar-refractivity contribution >= 4 is 32.6 Å².